The first-order chi connectivity index (χ1) is 8.27. The molecule has 18 heavy (non-hydrogen) atoms. The molecule has 0 aliphatic heterocycles. The summed E-state index contributed by atoms with van der Waals surface area (Å²) >= 11 is 0. The van der Waals surface area contributed by atoms with E-state index in [4.69, 9.17) is 5.26 Å². The third-order valence-corrected chi connectivity index (χ3v) is 3.79. The van der Waals surface area contributed by atoms with Crippen molar-refractivity contribution in [1.29, 1.82) is 5.26 Å². The summed E-state index contributed by atoms with van der Waals surface area (Å²) in [5.41, 5.74) is 0.148. The van der Waals surface area contributed by atoms with E-state index in [1.165, 1.54) is 19.1 Å². The van der Waals surface area contributed by atoms with Gasteiger partial charge in [0.05, 0.1) is 11.0 Å². The number of benzene rings is 1. The number of nitriles is 1. The van der Waals surface area contributed by atoms with E-state index in [1.807, 2.05) is 0 Å². The van der Waals surface area contributed by atoms with Gasteiger partial charge in [0.15, 0.2) is 5.25 Å². The van der Waals surface area contributed by atoms with Crippen molar-refractivity contribution in [3.63, 3.8) is 0 Å². The van der Waals surface area contributed by atoms with E-state index in [-0.39, 0.29) is 11.4 Å². The molecule has 0 amide bonds. The van der Waals surface area contributed by atoms with Crippen LogP contribution in [-0.2, 0) is 10.0 Å². The average Bonchev–Trinajstić information content (AvgIpc) is 2.29. The lowest BCUT2D eigenvalue weighted by Crippen LogP contribution is -2.24. The first kappa shape index (κ1) is 13.9. The predicted octanol–water partition coefficient (Wildman–Crippen LogP) is 1.56. The average molecular weight is 269 g/mol. The zero-order chi connectivity index (χ0) is 13.9. The summed E-state index contributed by atoms with van der Waals surface area (Å²) in [6.45, 7) is 2.85. The van der Waals surface area contributed by atoms with E-state index >= 15 is 0 Å². The topological polar surface area (TPSA) is 113 Å². The molecular weight excluding hydrogens is 258 g/mol. The fourth-order valence-electron chi connectivity index (χ4n) is 1.19. The van der Waals surface area contributed by atoms with Gasteiger partial charge in [0, 0.05) is 6.07 Å². The van der Waals surface area contributed by atoms with Gasteiger partial charge < -0.3 is 0 Å². The summed E-state index contributed by atoms with van der Waals surface area (Å²) < 4.78 is 25.3. The van der Waals surface area contributed by atoms with Crippen molar-refractivity contribution in [2.24, 2.45) is 0 Å². The van der Waals surface area contributed by atoms with Crippen molar-refractivity contribution in [3.05, 3.63) is 33.9 Å². The maximum atomic E-state index is 11.6. The van der Waals surface area contributed by atoms with Gasteiger partial charge in [-0.1, -0.05) is 6.07 Å². The van der Waals surface area contributed by atoms with Crippen molar-refractivity contribution >= 4 is 21.4 Å². The second-order valence-corrected chi connectivity index (χ2v) is 5.70. The highest BCUT2D eigenvalue weighted by Crippen LogP contribution is 2.26. The molecule has 1 atom stereocenters. The van der Waals surface area contributed by atoms with Crippen molar-refractivity contribution < 1.29 is 13.3 Å². The Hall–Kier alpha value is -2.14. The molecule has 1 aromatic rings. The zero-order valence-electron chi connectivity index (χ0n) is 9.75. The number of nitrogens with one attached hydrogen (secondary N) is 1. The van der Waals surface area contributed by atoms with E-state index in [0.717, 1.165) is 0 Å². The molecule has 1 N–H and O–H groups in total. The normalized spacial score (nSPS) is 12.5. The predicted molar refractivity (Wildman–Crippen MR) is 65.5 cm³/mol. The molecule has 96 valence electrons. The Morgan fingerprint density at radius 1 is 1.50 bits per heavy atom. The fourth-order valence-corrected chi connectivity index (χ4v) is 1.98. The first-order valence-electron chi connectivity index (χ1n) is 4.94. The van der Waals surface area contributed by atoms with Crippen LogP contribution in [0.3, 0.4) is 0 Å². The second kappa shape index (κ2) is 5.01. The van der Waals surface area contributed by atoms with Crippen molar-refractivity contribution in [2.75, 3.05) is 4.72 Å². The number of sulfonamides is 1. The number of aryl methyl sites for hydroxylation is 1. The molecule has 0 radical (unpaired) electrons. The van der Waals surface area contributed by atoms with Crippen LogP contribution in [0.2, 0.25) is 0 Å². The highest BCUT2D eigenvalue weighted by molar-refractivity contribution is 7.93. The first-order valence-corrected chi connectivity index (χ1v) is 6.49. The summed E-state index contributed by atoms with van der Waals surface area (Å²) in [7, 11) is -3.95. The molecule has 1 unspecified atom stereocenters. The number of nitro benzene ring substituents is 1. The van der Waals surface area contributed by atoms with E-state index in [9.17, 15) is 18.5 Å². The summed E-state index contributed by atoms with van der Waals surface area (Å²) in [5, 5.41) is 18.1. The summed E-state index contributed by atoms with van der Waals surface area (Å²) in [4.78, 5) is 10.1. The maximum Gasteiger partial charge on any atom is 0.293 e. The van der Waals surface area contributed by atoms with Crippen LogP contribution in [0.15, 0.2) is 18.2 Å². The fraction of sp³-hybridized carbons (Fsp3) is 0.300. The second-order valence-electron chi connectivity index (χ2n) is 3.70. The third-order valence-electron chi connectivity index (χ3n) is 2.25. The van der Waals surface area contributed by atoms with Crippen LogP contribution in [-0.4, -0.2) is 18.6 Å². The molecule has 7 nitrogen and oxygen atoms in total. The lowest BCUT2D eigenvalue weighted by atomic mass is 10.2. The Bertz CT molecular complexity index is 619. The molecule has 1 aromatic carbocycles. The minimum absolute atomic E-state index is 0.146. The Morgan fingerprint density at radius 2 is 2.11 bits per heavy atom. The largest absolute Gasteiger partial charge is 0.293 e. The van der Waals surface area contributed by atoms with Gasteiger partial charge in [0.1, 0.15) is 5.69 Å². The zero-order valence-corrected chi connectivity index (χ0v) is 10.6. The van der Waals surface area contributed by atoms with E-state index < -0.39 is 20.2 Å². The Kier molecular flexibility index (Phi) is 3.88. The van der Waals surface area contributed by atoms with Gasteiger partial charge in [-0.2, -0.15) is 5.26 Å². The molecule has 1 rings (SSSR count). The quantitative estimate of drug-likeness (QED) is 0.658. The number of nitro groups is 1. The van der Waals surface area contributed by atoms with Gasteiger partial charge in [0.25, 0.3) is 5.69 Å². The minimum atomic E-state index is -3.95. The van der Waals surface area contributed by atoms with Crippen molar-refractivity contribution in [1.82, 2.24) is 0 Å². The molecule has 0 saturated heterocycles. The van der Waals surface area contributed by atoms with Crippen LogP contribution < -0.4 is 4.72 Å². The van der Waals surface area contributed by atoms with Crippen LogP contribution in [0.5, 0.6) is 0 Å². The number of hydrogen-bond acceptors (Lipinski definition) is 5. The highest BCUT2D eigenvalue weighted by Gasteiger charge is 2.24. The van der Waals surface area contributed by atoms with Crippen molar-refractivity contribution in [3.8, 4) is 6.07 Å². The van der Waals surface area contributed by atoms with Gasteiger partial charge in [0.2, 0.25) is 10.0 Å². The van der Waals surface area contributed by atoms with Gasteiger partial charge in [-0.15, -0.1) is 0 Å². The molecule has 0 aromatic heterocycles. The van der Waals surface area contributed by atoms with E-state index in [1.54, 1.807) is 19.1 Å². The summed E-state index contributed by atoms with van der Waals surface area (Å²) in [6.07, 6.45) is 0. The molecule has 0 fully saturated rings. The lowest BCUT2D eigenvalue weighted by Gasteiger charge is -2.09. The van der Waals surface area contributed by atoms with Crippen LogP contribution in [0, 0.1) is 28.4 Å². The molecule has 0 aliphatic rings. The van der Waals surface area contributed by atoms with Gasteiger partial charge in [-0.3, -0.25) is 14.8 Å². The van der Waals surface area contributed by atoms with Crippen LogP contribution in [0.1, 0.15) is 12.5 Å². The number of nitrogens with zero attached hydrogens (tertiary/aromatic N) is 2. The highest BCUT2D eigenvalue weighted by atomic mass is 32.2. The SMILES string of the molecule is Cc1ccc(NS(=O)(=O)C(C)C#N)c([N+](=O)[O-])c1. The Balaban J connectivity index is 3.21. The monoisotopic (exact) mass is 269 g/mol. The van der Waals surface area contributed by atoms with Crippen LogP contribution in [0.25, 0.3) is 0 Å². The van der Waals surface area contributed by atoms with Gasteiger partial charge in [-0.05, 0) is 25.5 Å². The molecule has 0 aliphatic carbocycles. The van der Waals surface area contributed by atoms with Gasteiger partial charge in [-0.25, -0.2) is 8.42 Å². The third kappa shape index (κ3) is 2.95. The summed E-state index contributed by atoms with van der Waals surface area (Å²) in [5.74, 6) is 0. The van der Waals surface area contributed by atoms with E-state index in [2.05, 4.69) is 4.72 Å². The van der Waals surface area contributed by atoms with Crippen LogP contribution >= 0.6 is 0 Å². The number of rotatable bonds is 4. The standard InChI is InChI=1S/C10H11N3O4S/c1-7-3-4-9(10(5-7)13(14)15)12-18(16,17)8(2)6-11/h3-5,8,12H,1-2H3. The number of hydrogen-bond donors (Lipinski definition) is 1. The Morgan fingerprint density at radius 3 is 2.61 bits per heavy atom. The van der Waals surface area contributed by atoms with Crippen molar-refractivity contribution in [2.45, 2.75) is 19.1 Å². The number of anilines is 1. The molecule has 0 spiro atoms. The molecule has 8 heteroatoms. The maximum absolute atomic E-state index is 11.6. The smallest absolute Gasteiger partial charge is 0.276 e. The minimum Gasteiger partial charge on any atom is -0.276 e. The van der Waals surface area contributed by atoms with Gasteiger partial charge >= 0.3 is 0 Å². The molecule has 0 heterocycles. The Labute approximate surface area is 104 Å². The lowest BCUT2D eigenvalue weighted by molar-refractivity contribution is -0.383. The summed E-state index contributed by atoms with van der Waals surface area (Å²) in [6, 6.07) is 5.67. The molecule has 0 saturated carbocycles. The molecule has 0 bridgehead atoms. The molecular formula is C10H11N3O4S. The van der Waals surface area contributed by atoms with E-state index in [0.29, 0.717) is 5.56 Å². The van der Waals surface area contributed by atoms with Crippen LogP contribution in [0.4, 0.5) is 11.4 Å².